The van der Waals surface area contributed by atoms with Crippen molar-refractivity contribution in [3.63, 3.8) is 0 Å². The molecule has 2 aromatic carbocycles. The van der Waals surface area contributed by atoms with E-state index in [4.69, 9.17) is 15.8 Å². The second-order valence-corrected chi connectivity index (χ2v) is 5.60. The highest BCUT2D eigenvalue weighted by molar-refractivity contribution is 7.98. The fourth-order valence-corrected chi connectivity index (χ4v) is 2.88. The molecule has 0 unspecified atom stereocenters. The maximum atomic E-state index is 13.7. The highest BCUT2D eigenvalue weighted by Gasteiger charge is 2.10. The van der Waals surface area contributed by atoms with Gasteiger partial charge < -0.3 is 5.32 Å². The number of hydrogen-bond acceptors (Lipinski definition) is 5. The molecule has 2 aromatic rings. The molecule has 0 atom stereocenters. The van der Waals surface area contributed by atoms with Crippen LogP contribution in [0.2, 0.25) is 0 Å². The summed E-state index contributed by atoms with van der Waals surface area (Å²) in [5, 5.41) is 29.7. The van der Waals surface area contributed by atoms with E-state index in [1.807, 2.05) is 18.2 Å². The molecule has 0 aromatic heterocycles. The number of benzene rings is 2. The second kappa shape index (κ2) is 8.39. The molecule has 0 radical (unpaired) electrons. The summed E-state index contributed by atoms with van der Waals surface area (Å²) in [5.74, 6) is 0.143. The van der Waals surface area contributed by atoms with Gasteiger partial charge in [-0.25, -0.2) is 4.39 Å². The SMILES string of the molecule is N#CC(C#N)=C(C#N)Nc1ccccc1SCc1ccccc1F. The van der Waals surface area contributed by atoms with Crippen molar-refractivity contribution in [1.29, 1.82) is 15.8 Å². The van der Waals surface area contributed by atoms with Crippen molar-refractivity contribution in [3.05, 3.63) is 71.2 Å². The summed E-state index contributed by atoms with van der Waals surface area (Å²) in [4.78, 5) is 0.781. The summed E-state index contributed by atoms with van der Waals surface area (Å²) >= 11 is 1.39. The quantitative estimate of drug-likeness (QED) is 0.649. The lowest BCUT2D eigenvalue weighted by atomic mass is 10.2. The van der Waals surface area contributed by atoms with Gasteiger partial charge in [0, 0.05) is 10.6 Å². The van der Waals surface area contributed by atoms with E-state index in [2.05, 4.69) is 5.32 Å². The zero-order valence-corrected chi connectivity index (χ0v) is 13.3. The summed E-state index contributed by atoms with van der Waals surface area (Å²) in [6.07, 6.45) is 0. The normalized spacial score (nSPS) is 9.25. The van der Waals surface area contributed by atoms with Crippen molar-refractivity contribution in [2.24, 2.45) is 0 Å². The Labute approximate surface area is 143 Å². The Hall–Kier alpha value is -3.27. The smallest absolute Gasteiger partial charge is 0.163 e. The minimum absolute atomic E-state index is 0.112. The van der Waals surface area contributed by atoms with Gasteiger partial charge in [-0.05, 0) is 23.8 Å². The molecule has 0 aliphatic heterocycles. The van der Waals surface area contributed by atoms with Gasteiger partial charge in [0.2, 0.25) is 0 Å². The lowest BCUT2D eigenvalue weighted by molar-refractivity contribution is 0.617. The average molecular weight is 334 g/mol. The average Bonchev–Trinajstić information content (AvgIpc) is 2.62. The van der Waals surface area contributed by atoms with Gasteiger partial charge in [-0.1, -0.05) is 30.3 Å². The molecular formula is C18H11FN4S. The third-order valence-corrected chi connectivity index (χ3v) is 4.20. The minimum Gasteiger partial charge on any atom is -0.344 e. The van der Waals surface area contributed by atoms with Gasteiger partial charge in [0.15, 0.2) is 5.57 Å². The summed E-state index contributed by atoms with van der Waals surface area (Å²) in [6, 6.07) is 18.8. The number of nitrogens with zero attached hydrogens (tertiary/aromatic N) is 3. The summed E-state index contributed by atoms with van der Waals surface area (Å²) < 4.78 is 13.7. The molecule has 2 rings (SSSR count). The van der Waals surface area contributed by atoms with Crippen molar-refractivity contribution in [2.75, 3.05) is 5.32 Å². The molecule has 0 aliphatic rings. The van der Waals surface area contributed by atoms with Gasteiger partial charge in [0.1, 0.15) is 29.7 Å². The van der Waals surface area contributed by atoms with E-state index in [1.165, 1.54) is 17.8 Å². The molecule has 0 aliphatic carbocycles. The molecule has 0 heterocycles. The third kappa shape index (κ3) is 4.14. The van der Waals surface area contributed by atoms with Crippen molar-refractivity contribution in [1.82, 2.24) is 0 Å². The van der Waals surface area contributed by atoms with E-state index >= 15 is 0 Å². The van der Waals surface area contributed by atoms with Gasteiger partial charge in [0.05, 0.1) is 5.69 Å². The summed E-state index contributed by atoms with van der Waals surface area (Å²) in [5.41, 5.74) is 0.756. The van der Waals surface area contributed by atoms with Gasteiger partial charge in [-0.3, -0.25) is 0 Å². The third-order valence-electron chi connectivity index (χ3n) is 3.07. The second-order valence-electron chi connectivity index (χ2n) is 4.59. The molecule has 4 nitrogen and oxygen atoms in total. The van der Waals surface area contributed by atoms with Crippen molar-refractivity contribution >= 4 is 17.4 Å². The lowest BCUT2D eigenvalue weighted by Crippen LogP contribution is -2.01. The molecule has 24 heavy (non-hydrogen) atoms. The number of anilines is 1. The maximum absolute atomic E-state index is 13.7. The summed E-state index contributed by atoms with van der Waals surface area (Å²) in [7, 11) is 0. The molecule has 0 amide bonds. The first kappa shape index (κ1) is 17.1. The molecular weight excluding hydrogens is 323 g/mol. The van der Waals surface area contributed by atoms with Crippen LogP contribution in [0.4, 0.5) is 10.1 Å². The Balaban J connectivity index is 2.24. The van der Waals surface area contributed by atoms with Crippen LogP contribution in [0.25, 0.3) is 0 Å². The van der Waals surface area contributed by atoms with E-state index in [-0.39, 0.29) is 17.1 Å². The first-order chi connectivity index (χ1) is 11.7. The molecule has 1 N–H and O–H groups in total. The Bertz CT molecular complexity index is 884. The van der Waals surface area contributed by atoms with Crippen LogP contribution in [-0.4, -0.2) is 0 Å². The van der Waals surface area contributed by atoms with Crippen LogP contribution in [0.3, 0.4) is 0 Å². The van der Waals surface area contributed by atoms with Gasteiger partial charge in [-0.2, -0.15) is 15.8 Å². The fourth-order valence-electron chi connectivity index (χ4n) is 1.88. The first-order valence-corrected chi connectivity index (χ1v) is 7.85. The summed E-state index contributed by atoms with van der Waals surface area (Å²) in [6.45, 7) is 0. The zero-order chi connectivity index (χ0) is 17.4. The minimum atomic E-state index is -0.286. The zero-order valence-electron chi connectivity index (χ0n) is 12.5. The van der Waals surface area contributed by atoms with Crippen molar-refractivity contribution < 1.29 is 4.39 Å². The number of hydrogen-bond donors (Lipinski definition) is 1. The number of nitriles is 3. The predicted molar refractivity (Wildman–Crippen MR) is 89.9 cm³/mol. The van der Waals surface area contributed by atoms with E-state index in [9.17, 15) is 4.39 Å². The van der Waals surface area contributed by atoms with Crippen LogP contribution in [0.15, 0.2) is 64.7 Å². The number of rotatable bonds is 5. The van der Waals surface area contributed by atoms with Crippen LogP contribution >= 0.6 is 11.8 Å². The van der Waals surface area contributed by atoms with Crippen LogP contribution in [-0.2, 0) is 5.75 Å². The number of allylic oxidation sites excluding steroid dienone is 2. The Morgan fingerprint density at radius 2 is 1.62 bits per heavy atom. The number of halogens is 1. The molecule has 6 heteroatoms. The number of thioether (sulfide) groups is 1. The molecule has 0 bridgehead atoms. The Morgan fingerprint density at radius 1 is 0.958 bits per heavy atom. The maximum Gasteiger partial charge on any atom is 0.163 e. The highest BCUT2D eigenvalue weighted by Crippen LogP contribution is 2.31. The fraction of sp³-hybridized carbons (Fsp3) is 0.0556. The molecule has 0 saturated carbocycles. The van der Waals surface area contributed by atoms with Crippen LogP contribution in [0.5, 0.6) is 0 Å². The number of nitrogens with one attached hydrogen (secondary N) is 1. The van der Waals surface area contributed by atoms with E-state index in [0.29, 0.717) is 17.0 Å². The van der Waals surface area contributed by atoms with Crippen molar-refractivity contribution in [2.45, 2.75) is 10.6 Å². The molecule has 0 saturated heterocycles. The Morgan fingerprint density at radius 3 is 2.29 bits per heavy atom. The molecule has 0 spiro atoms. The van der Waals surface area contributed by atoms with Crippen LogP contribution < -0.4 is 5.32 Å². The Kier molecular flexibility index (Phi) is 5.97. The molecule has 0 fully saturated rings. The van der Waals surface area contributed by atoms with Crippen molar-refractivity contribution in [3.8, 4) is 18.2 Å². The monoisotopic (exact) mass is 334 g/mol. The highest BCUT2D eigenvalue weighted by atomic mass is 32.2. The standard InChI is InChI=1S/C18H11FN4S/c19-15-6-2-1-5-13(15)12-24-18-8-4-3-7-16(18)23-17(11-22)14(9-20)10-21/h1-8,23H,12H2. The van der Waals surface area contributed by atoms with E-state index in [1.54, 1.807) is 42.5 Å². The van der Waals surface area contributed by atoms with E-state index in [0.717, 1.165) is 4.90 Å². The van der Waals surface area contributed by atoms with Gasteiger partial charge >= 0.3 is 0 Å². The molecule has 116 valence electrons. The topological polar surface area (TPSA) is 83.4 Å². The largest absolute Gasteiger partial charge is 0.344 e. The van der Waals surface area contributed by atoms with E-state index < -0.39 is 0 Å². The lowest BCUT2D eigenvalue weighted by Gasteiger charge is -2.11. The van der Waals surface area contributed by atoms with Gasteiger partial charge in [0.25, 0.3) is 0 Å². The number of para-hydroxylation sites is 1. The predicted octanol–water partition coefficient (Wildman–Crippen LogP) is 4.35. The van der Waals surface area contributed by atoms with Gasteiger partial charge in [-0.15, -0.1) is 11.8 Å². The first-order valence-electron chi connectivity index (χ1n) is 6.86. The van der Waals surface area contributed by atoms with Crippen LogP contribution in [0.1, 0.15) is 5.56 Å². The van der Waals surface area contributed by atoms with Crippen LogP contribution in [0, 0.1) is 39.8 Å².